The monoisotopic (exact) mass is 233 g/mol. The minimum absolute atomic E-state index is 0.137. The fraction of sp³-hybridized carbons (Fsp3) is 0.467. The van der Waals surface area contributed by atoms with Gasteiger partial charge in [-0.05, 0) is 43.5 Å². The van der Waals surface area contributed by atoms with Gasteiger partial charge in [0, 0.05) is 11.2 Å². The molecule has 92 valence electrons. The Morgan fingerprint density at radius 3 is 2.41 bits per heavy atom. The van der Waals surface area contributed by atoms with Gasteiger partial charge in [-0.15, -0.1) is 6.58 Å². The SMILES string of the molecule is C=CCC1(Nc2ccc(F)cc2)CCCCC1. The Kier molecular flexibility index (Phi) is 3.82. The largest absolute Gasteiger partial charge is 0.379 e. The molecule has 0 heterocycles. The third-order valence-corrected chi connectivity index (χ3v) is 3.60. The van der Waals surface area contributed by atoms with Crippen LogP contribution in [0.15, 0.2) is 36.9 Å². The van der Waals surface area contributed by atoms with Crippen molar-refractivity contribution in [1.29, 1.82) is 0 Å². The first-order valence-electron chi connectivity index (χ1n) is 6.39. The third kappa shape index (κ3) is 3.09. The zero-order valence-corrected chi connectivity index (χ0v) is 10.2. The number of anilines is 1. The summed E-state index contributed by atoms with van der Waals surface area (Å²) in [5, 5.41) is 3.58. The Morgan fingerprint density at radius 1 is 1.18 bits per heavy atom. The minimum Gasteiger partial charge on any atom is -0.379 e. The normalized spacial score (nSPS) is 18.6. The summed E-state index contributed by atoms with van der Waals surface area (Å²) in [5.41, 5.74) is 1.15. The number of nitrogens with one attached hydrogen (secondary N) is 1. The zero-order valence-electron chi connectivity index (χ0n) is 10.2. The lowest BCUT2D eigenvalue weighted by atomic mass is 9.79. The first kappa shape index (κ1) is 12.2. The predicted octanol–water partition coefficient (Wildman–Crippen LogP) is 4.52. The topological polar surface area (TPSA) is 12.0 Å². The molecule has 17 heavy (non-hydrogen) atoms. The van der Waals surface area contributed by atoms with Crippen LogP contribution >= 0.6 is 0 Å². The van der Waals surface area contributed by atoms with Crippen LogP contribution < -0.4 is 5.32 Å². The maximum Gasteiger partial charge on any atom is 0.123 e. The van der Waals surface area contributed by atoms with E-state index in [9.17, 15) is 4.39 Å². The molecule has 0 aliphatic heterocycles. The van der Waals surface area contributed by atoms with E-state index in [0.717, 1.165) is 12.1 Å². The van der Waals surface area contributed by atoms with E-state index in [1.165, 1.54) is 44.2 Å². The molecule has 0 spiro atoms. The molecule has 2 heteroatoms. The van der Waals surface area contributed by atoms with Gasteiger partial charge in [0.1, 0.15) is 5.82 Å². The molecule has 0 unspecified atom stereocenters. The number of rotatable bonds is 4. The molecule has 0 aromatic heterocycles. The van der Waals surface area contributed by atoms with E-state index in [1.807, 2.05) is 18.2 Å². The summed E-state index contributed by atoms with van der Waals surface area (Å²) in [6.45, 7) is 3.86. The average molecular weight is 233 g/mol. The summed E-state index contributed by atoms with van der Waals surface area (Å²) in [5.74, 6) is -0.183. The van der Waals surface area contributed by atoms with Crippen molar-refractivity contribution < 1.29 is 4.39 Å². The molecular weight excluding hydrogens is 213 g/mol. The third-order valence-electron chi connectivity index (χ3n) is 3.60. The van der Waals surface area contributed by atoms with Crippen molar-refractivity contribution >= 4 is 5.69 Å². The molecule has 1 aliphatic rings. The smallest absolute Gasteiger partial charge is 0.123 e. The molecule has 1 fully saturated rings. The fourth-order valence-corrected chi connectivity index (χ4v) is 2.72. The Balaban J connectivity index is 2.11. The van der Waals surface area contributed by atoms with Gasteiger partial charge >= 0.3 is 0 Å². The Bertz CT molecular complexity index is 363. The summed E-state index contributed by atoms with van der Waals surface area (Å²) in [6, 6.07) is 6.64. The van der Waals surface area contributed by atoms with E-state index < -0.39 is 0 Å². The van der Waals surface area contributed by atoms with Gasteiger partial charge in [-0.2, -0.15) is 0 Å². The second-order valence-electron chi connectivity index (χ2n) is 4.97. The van der Waals surface area contributed by atoms with Crippen LogP contribution in [-0.4, -0.2) is 5.54 Å². The van der Waals surface area contributed by atoms with Gasteiger partial charge < -0.3 is 5.32 Å². The second kappa shape index (κ2) is 5.35. The summed E-state index contributed by atoms with van der Waals surface area (Å²) in [6.07, 6.45) is 9.17. The van der Waals surface area contributed by atoms with Crippen LogP contribution in [-0.2, 0) is 0 Å². The van der Waals surface area contributed by atoms with Crippen LogP contribution in [0.25, 0.3) is 0 Å². The molecule has 2 rings (SSSR count). The van der Waals surface area contributed by atoms with E-state index in [2.05, 4.69) is 11.9 Å². The molecule has 1 aromatic carbocycles. The first-order chi connectivity index (χ1) is 8.24. The van der Waals surface area contributed by atoms with Crippen LogP contribution in [0.5, 0.6) is 0 Å². The highest BCUT2D eigenvalue weighted by Gasteiger charge is 2.30. The lowest BCUT2D eigenvalue weighted by Crippen LogP contribution is -2.39. The van der Waals surface area contributed by atoms with Crippen LogP contribution in [0.1, 0.15) is 38.5 Å². The van der Waals surface area contributed by atoms with Crippen molar-refractivity contribution in [1.82, 2.24) is 0 Å². The van der Waals surface area contributed by atoms with Crippen molar-refractivity contribution in [3.05, 3.63) is 42.7 Å². The molecule has 1 aliphatic carbocycles. The van der Waals surface area contributed by atoms with Crippen LogP contribution in [0.4, 0.5) is 10.1 Å². The standard InChI is InChI=1S/C15H20FN/c1-2-10-15(11-4-3-5-12-15)17-14-8-6-13(16)7-9-14/h2,6-9,17H,1,3-5,10-12H2. The van der Waals surface area contributed by atoms with Gasteiger partial charge in [0.15, 0.2) is 0 Å². The van der Waals surface area contributed by atoms with E-state index in [4.69, 9.17) is 0 Å². The lowest BCUT2D eigenvalue weighted by molar-refractivity contribution is 0.326. The molecule has 1 N–H and O–H groups in total. The Labute approximate surface area is 103 Å². The zero-order chi connectivity index (χ0) is 12.1. The average Bonchev–Trinajstić information content (AvgIpc) is 2.34. The van der Waals surface area contributed by atoms with Crippen LogP contribution in [0.2, 0.25) is 0 Å². The van der Waals surface area contributed by atoms with Crippen LogP contribution in [0, 0.1) is 5.82 Å². The molecular formula is C15H20FN. The lowest BCUT2D eigenvalue weighted by Gasteiger charge is -2.38. The number of halogens is 1. The van der Waals surface area contributed by atoms with E-state index in [1.54, 1.807) is 0 Å². The fourth-order valence-electron chi connectivity index (χ4n) is 2.72. The summed E-state index contributed by atoms with van der Waals surface area (Å²) < 4.78 is 12.9. The van der Waals surface area contributed by atoms with Gasteiger partial charge in [-0.3, -0.25) is 0 Å². The molecule has 0 saturated heterocycles. The summed E-state index contributed by atoms with van der Waals surface area (Å²) >= 11 is 0. The van der Waals surface area contributed by atoms with Crippen molar-refractivity contribution in [3.8, 4) is 0 Å². The molecule has 1 nitrogen and oxygen atoms in total. The number of hydrogen-bond acceptors (Lipinski definition) is 1. The molecule has 1 aromatic rings. The Hall–Kier alpha value is -1.31. The second-order valence-corrected chi connectivity index (χ2v) is 4.97. The summed E-state index contributed by atoms with van der Waals surface area (Å²) in [7, 11) is 0. The van der Waals surface area contributed by atoms with Gasteiger partial charge in [0.25, 0.3) is 0 Å². The Morgan fingerprint density at radius 2 is 1.82 bits per heavy atom. The highest BCUT2D eigenvalue weighted by molar-refractivity contribution is 5.45. The molecule has 1 saturated carbocycles. The molecule has 0 atom stereocenters. The number of benzene rings is 1. The molecule has 0 radical (unpaired) electrons. The predicted molar refractivity (Wildman–Crippen MR) is 70.7 cm³/mol. The van der Waals surface area contributed by atoms with Gasteiger partial charge in [-0.1, -0.05) is 25.3 Å². The van der Waals surface area contributed by atoms with E-state index in [0.29, 0.717) is 0 Å². The van der Waals surface area contributed by atoms with Crippen molar-refractivity contribution in [3.63, 3.8) is 0 Å². The maximum absolute atomic E-state index is 12.9. The van der Waals surface area contributed by atoms with Crippen LogP contribution in [0.3, 0.4) is 0 Å². The molecule has 0 amide bonds. The van der Waals surface area contributed by atoms with Crippen molar-refractivity contribution in [2.45, 2.75) is 44.1 Å². The van der Waals surface area contributed by atoms with Gasteiger partial charge in [0.05, 0.1) is 0 Å². The molecule has 0 bridgehead atoms. The minimum atomic E-state index is -0.183. The van der Waals surface area contributed by atoms with E-state index >= 15 is 0 Å². The van der Waals surface area contributed by atoms with Crippen molar-refractivity contribution in [2.24, 2.45) is 0 Å². The van der Waals surface area contributed by atoms with Crippen molar-refractivity contribution in [2.75, 3.05) is 5.32 Å². The first-order valence-corrected chi connectivity index (χ1v) is 6.39. The number of hydrogen-bond donors (Lipinski definition) is 1. The van der Waals surface area contributed by atoms with E-state index in [-0.39, 0.29) is 11.4 Å². The van der Waals surface area contributed by atoms with Gasteiger partial charge in [0.2, 0.25) is 0 Å². The highest BCUT2D eigenvalue weighted by atomic mass is 19.1. The quantitative estimate of drug-likeness (QED) is 0.754. The van der Waals surface area contributed by atoms with Gasteiger partial charge in [-0.25, -0.2) is 4.39 Å². The summed E-state index contributed by atoms with van der Waals surface area (Å²) in [4.78, 5) is 0. The highest BCUT2D eigenvalue weighted by Crippen LogP contribution is 2.34. The maximum atomic E-state index is 12.9.